The maximum atomic E-state index is 12.6. The van der Waals surface area contributed by atoms with E-state index < -0.39 is 10.0 Å². The number of aryl methyl sites for hydroxylation is 1. The summed E-state index contributed by atoms with van der Waals surface area (Å²) in [5, 5.41) is 4.42. The number of likely N-dealkylation sites (tertiary alicyclic amines) is 1. The summed E-state index contributed by atoms with van der Waals surface area (Å²) in [6.45, 7) is 8.47. The first kappa shape index (κ1) is 15.4. The molecule has 0 radical (unpaired) electrons. The number of nitrogens with zero attached hydrogens (tertiary/aromatic N) is 3. The van der Waals surface area contributed by atoms with Gasteiger partial charge in [-0.1, -0.05) is 19.0 Å². The number of aromatic nitrogens is 2. The highest BCUT2D eigenvalue weighted by Gasteiger charge is 2.32. The van der Waals surface area contributed by atoms with Gasteiger partial charge in [-0.15, -0.1) is 0 Å². The van der Waals surface area contributed by atoms with Crippen LogP contribution in [-0.2, 0) is 10.0 Å². The van der Waals surface area contributed by atoms with Crippen molar-refractivity contribution in [3.63, 3.8) is 0 Å². The van der Waals surface area contributed by atoms with Crippen molar-refractivity contribution in [2.75, 3.05) is 19.6 Å². The van der Waals surface area contributed by atoms with E-state index in [0.717, 1.165) is 19.6 Å². The zero-order valence-corrected chi connectivity index (χ0v) is 13.7. The Kier molecular flexibility index (Phi) is 3.92. The van der Waals surface area contributed by atoms with Gasteiger partial charge >= 0.3 is 0 Å². The lowest BCUT2D eigenvalue weighted by atomic mass is 10.1. The van der Waals surface area contributed by atoms with E-state index in [2.05, 4.69) is 33.6 Å². The fraction of sp³-hybridized carbons (Fsp3) is 0.571. The molecule has 22 heavy (non-hydrogen) atoms. The normalized spacial score (nSPS) is 23.4. The van der Waals surface area contributed by atoms with Crippen LogP contribution in [0.3, 0.4) is 0 Å². The predicted octanol–water partition coefficient (Wildman–Crippen LogP) is 1.15. The lowest BCUT2D eigenvalue weighted by Gasteiger charge is -2.16. The second kappa shape index (κ2) is 5.60. The molecule has 3 rings (SSSR count). The van der Waals surface area contributed by atoms with Gasteiger partial charge in [0.1, 0.15) is 4.90 Å². The predicted molar refractivity (Wildman–Crippen MR) is 81.9 cm³/mol. The van der Waals surface area contributed by atoms with Crippen LogP contribution in [0.25, 0.3) is 11.1 Å². The summed E-state index contributed by atoms with van der Waals surface area (Å²) in [5.41, 5.74) is 0.980. The third-order valence-electron chi connectivity index (χ3n) is 4.24. The van der Waals surface area contributed by atoms with E-state index in [0.29, 0.717) is 16.8 Å². The Labute approximate surface area is 129 Å². The molecule has 0 saturated carbocycles. The topological polar surface area (TPSA) is 88.3 Å². The molecule has 0 amide bonds. The Balaban J connectivity index is 1.86. The Morgan fingerprint density at radius 2 is 2.23 bits per heavy atom. The van der Waals surface area contributed by atoms with E-state index >= 15 is 0 Å². The van der Waals surface area contributed by atoms with E-state index in [9.17, 15) is 8.42 Å². The number of rotatable bonds is 4. The highest BCUT2D eigenvalue weighted by Crippen LogP contribution is 2.22. The fourth-order valence-corrected chi connectivity index (χ4v) is 4.12. The number of hydrogen-bond donors (Lipinski definition) is 1. The number of nitrogens with one attached hydrogen (secondary N) is 1. The first-order valence-electron chi connectivity index (χ1n) is 7.37. The molecule has 1 fully saturated rings. The molecule has 1 N–H and O–H groups in total. The van der Waals surface area contributed by atoms with Gasteiger partial charge in [0, 0.05) is 19.1 Å². The third-order valence-corrected chi connectivity index (χ3v) is 5.69. The van der Waals surface area contributed by atoms with Crippen LogP contribution in [0, 0.1) is 12.8 Å². The first-order chi connectivity index (χ1) is 10.4. The minimum atomic E-state index is -3.60. The van der Waals surface area contributed by atoms with Crippen molar-refractivity contribution < 1.29 is 12.9 Å². The second-order valence-corrected chi connectivity index (χ2v) is 7.56. The number of fused-ring (bicyclic) bond motifs is 1. The third kappa shape index (κ3) is 2.73. The van der Waals surface area contributed by atoms with Crippen LogP contribution in [-0.4, -0.2) is 49.1 Å². The maximum Gasteiger partial charge on any atom is 0.257 e. The quantitative estimate of drug-likeness (QED) is 0.907. The Morgan fingerprint density at radius 1 is 1.45 bits per heavy atom. The molecule has 0 spiro atoms. The van der Waals surface area contributed by atoms with Crippen LogP contribution in [0.4, 0.5) is 0 Å². The average Bonchev–Trinajstić information content (AvgIpc) is 3.02. The number of likely N-dealkylation sites (N-methyl/N-ethyl adjacent to an activating group) is 1. The Bertz CT molecular complexity index is 786. The van der Waals surface area contributed by atoms with Gasteiger partial charge in [-0.25, -0.2) is 18.1 Å². The van der Waals surface area contributed by atoms with E-state index in [-0.39, 0.29) is 16.9 Å². The molecular weight excluding hydrogens is 304 g/mol. The van der Waals surface area contributed by atoms with Crippen LogP contribution in [0.1, 0.15) is 19.5 Å². The van der Waals surface area contributed by atoms with E-state index in [4.69, 9.17) is 4.52 Å². The summed E-state index contributed by atoms with van der Waals surface area (Å²) in [7, 11) is -3.60. The van der Waals surface area contributed by atoms with Crippen LogP contribution in [0.2, 0.25) is 0 Å². The molecule has 1 saturated heterocycles. The summed E-state index contributed by atoms with van der Waals surface area (Å²) >= 11 is 0. The molecule has 120 valence electrons. The monoisotopic (exact) mass is 324 g/mol. The lowest BCUT2D eigenvalue weighted by Crippen LogP contribution is -2.39. The summed E-state index contributed by atoms with van der Waals surface area (Å²) in [5.74, 6) is 0.281. The zero-order chi connectivity index (χ0) is 15.9. The SMILES string of the molecule is CCN1C[C@H](C)[C@H](NS(=O)(=O)c2cnc3onc(C)c3c2)C1. The van der Waals surface area contributed by atoms with Gasteiger partial charge in [0.2, 0.25) is 10.0 Å². The van der Waals surface area contributed by atoms with Crippen molar-refractivity contribution in [3.05, 3.63) is 18.0 Å². The summed E-state index contributed by atoms with van der Waals surface area (Å²) in [4.78, 5) is 6.42. The van der Waals surface area contributed by atoms with Gasteiger partial charge < -0.3 is 9.42 Å². The summed E-state index contributed by atoms with van der Waals surface area (Å²) in [6, 6.07) is 1.48. The van der Waals surface area contributed by atoms with Gasteiger partial charge in [0.25, 0.3) is 5.71 Å². The van der Waals surface area contributed by atoms with Gasteiger partial charge in [-0.05, 0) is 25.5 Å². The van der Waals surface area contributed by atoms with Crippen molar-refractivity contribution in [3.8, 4) is 0 Å². The molecule has 2 aromatic rings. The molecule has 8 heteroatoms. The highest BCUT2D eigenvalue weighted by atomic mass is 32.2. The molecule has 2 atom stereocenters. The number of pyridine rings is 1. The minimum Gasteiger partial charge on any atom is -0.336 e. The van der Waals surface area contributed by atoms with Gasteiger partial charge in [0.15, 0.2) is 0 Å². The fourth-order valence-electron chi connectivity index (χ4n) is 2.82. The van der Waals surface area contributed by atoms with Crippen molar-refractivity contribution >= 4 is 21.1 Å². The summed E-state index contributed by atoms with van der Waals surface area (Å²) < 4.78 is 33.0. The van der Waals surface area contributed by atoms with E-state index in [1.165, 1.54) is 6.20 Å². The zero-order valence-electron chi connectivity index (χ0n) is 12.9. The van der Waals surface area contributed by atoms with E-state index in [1.807, 2.05) is 0 Å². The summed E-state index contributed by atoms with van der Waals surface area (Å²) in [6.07, 6.45) is 1.31. The lowest BCUT2D eigenvalue weighted by molar-refractivity contribution is 0.344. The number of hydrogen-bond acceptors (Lipinski definition) is 6. The van der Waals surface area contributed by atoms with Crippen LogP contribution < -0.4 is 4.72 Å². The number of sulfonamides is 1. The van der Waals surface area contributed by atoms with Crippen molar-refractivity contribution in [1.82, 2.24) is 19.8 Å². The standard InChI is InChI=1S/C14H20N4O3S/c1-4-18-7-9(2)13(8-18)17-22(19,20)11-5-12-10(3)16-21-14(12)15-6-11/h5-6,9,13,17H,4,7-8H2,1-3H3/t9-,13+/m0/s1. The van der Waals surface area contributed by atoms with Crippen molar-refractivity contribution in [1.29, 1.82) is 0 Å². The van der Waals surface area contributed by atoms with Crippen LogP contribution in [0.15, 0.2) is 21.7 Å². The Hall–Kier alpha value is -1.51. The van der Waals surface area contributed by atoms with Crippen molar-refractivity contribution in [2.45, 2.75) is 31.7 Å². The highest BCUT2D eigenvalue weighted by molar-refractivity contribution is 7.89. The molecule has 0 aliphatic carbocycles. The Morgan fingerprint density at radius 3 is 2.91 bits per heavy atom. The van der Waals surface area contributed by atoms with Gasteiger partial charge in [0.05, 0.1) is 17.3 Å². The molecule has 1 aliphatic heterocycles. The molecular formula is C14H20N4O3S. The smallest absolute Gasteiger partial charge is 0.257 e. The van der Waals surface area contributed by atoms with Crippen LogP contribution in [0.5, 0.6) is 0 Å². The molecule has 2 aromatic heterocycles. The molecule has 1 aliphatic rings. The molecule has 7 nitrogen and oxygen atoms in total. The van der Waals surface area contributed by atoms with Crippen molar-refractivity contribution in [2.24, 2.45) is 5.92 Å². The van der Waals surface area contributed by atoms with Gasteiger partial charge in [-0.2, -0.15) is 0 Å². The molecule has 0 aromatic carbocycles. The van der Waals surface area contributed by atoms with E-state index in [1.54, 1.807) is 13.0 Å². The average molecular weight is 324 g/mol. The second-order valence-electron chi connectivity index (χ2n) is 5.85. The van der Waals surface area contributed by atoms with Gasteiger partial charge in [-0.3, -0.25) is 0 Å². The molecule has 0 unspecified atom stereocenters. The first-order valence-corrected chi connectivity index (χ1v) is 8.85. The van der Waals surface area contributed by atoms with Crippen LogP contribution >= 0.6 is 0 Å². The maximum absolute atomic E-state index is 12.6. The molecule has 3 heterocycles. The molecule has 0 bridgehead atoms. The minimum absolute atomic E-state index is 0.0794. The largest absolute Gasteiger partial charge is 0.336 e.